The molecular weight excluding hydrogens is 214 g/mol. The zero-order valence-electron chi connectivity index (χ0n) is 8.19. The predicted molar refractivity (Wildman–Crippen MR) is 59.1 cm³/mol. The second-order valence-electron chi connectivity index (χ2n) is 2.82. The van der Waals surface area contributed by atoms with E-state index in [-0.39, 0.29) is 0 Å². The van der Waals surface area contributed by atoms with Crippen LogP contribution in [0.3, 0.4) is 0 Å². The standard InChI is InChI=1S/C10H11NO3S/c1-15-8-5-3-2-4-7(8)11-9(12)6-10(13)14/h2-5H,6H2,1H3,(H,11,12)(H,13,14). The number of carboxylic acids is 1. The first kappa shape index (κ1) is 11.6. The fraction of sp³-hybridized carbons (Fsp3) is 0.200. The monoisotopic (exact) mass is 225 g/mol. The third kappa shape index (κ3) is 3.63. The SMILES string of the molecule is CSc1ccccc1NC(=O)CC(=O)O. The van der Waals surface area contributed by atoms with Crippen molar-refractivity contribution in [3.63, 3.8) is 0 Å². The first-order chi connectivity index (χ1) is 7.13. The quantitative estimate of drug-likeness (QED) is 0.606. The van der Waals surface area contributed by atoms with E-state index in [9.17, 15) is 9.59 Å². The third-order valence-corrected chi connectivity index (χ3v) is 2.49. The molecule has 80 valence electrons. The average Bonchev–Trinajstić information content (AvgIpc) is 2.17. The highest BCUT2D eigenvalue weighted by atomic mass is 32.2. The second kappa shape index (κ2) is 5.41. The number of carbonyl (C=O) groups excluding carboxylic acids is 1. The fourth-order valence-corrected chi connectivity index (χ4v) is 1.63. The lowest BCUT2D eigenvalue weighted by atomic mass is 10.3. The first-order valence-electron chi connectivity index (χ1n) is 4.28. The molecule has 15 heavy (non-hydrogen) atoms. The highest BCUT2D eigenvalue weighted by Crippen LogP contribution is 2.24. The Kier molecular flexibility index (Phi) is 4.17. The van der Waals surface area contributed by atoms with E-state index in [0.717, 1.165) is 4.90 Å². The van der Waals surface area contributed by atoms with Crippen LogP contribution < -0.4 is 5.32 Å². The van der Waals surface area contributed by atoms with E-state index in [1.165, 1.54) is 11.8 Å². The van der Waals surface area contributed by atoms with E-state index >= 15 is 0 Å². The molecule has 1 rings (SSSR count). The van der Waals surface area contributed by atoms with Crippen LogP contribution in [0.1, 0.15) is 6.42 Å². The lowest BCUT2D eigenvalue weighted by Gasteiger charge is -2.07. The molecule has 2 N–H and O–H groups in total. The van der Waals surface area contributed by atoms with Gasteiger partial charge in [0.25, 0.3) is 0 Å². The summed E-state index contributed by atoms with van der Waals surface area (Å²) in [6.07, 6.45) is 1.38. The molecular formula is C10H11NO3S. The van der Waals surface area contributed by atoms with Crippen LogP contribution in [0.15, 0.2) is 29.2 Å². The maximum absolute atomic E-state index is 11.2. The first-order valence-corrected chi connectivity index (χ1v) is 5.50. The van der Waals surface area contributed by atoms with Crippen molar-refractivity contribution in [1.82, 2.24) is 0 Å². The van der Waals surface area contributed by atoms with Crippen molar-refractivity contribution in [2.24, 2.45) is 0 Å². The molecule has 0 saturated heterocycles. The molecule has 0 bridgehead atoms. The third-order valence-electron chi connectivity index (χ3n) is 1.69. The molecule has 0 spiro atoms. The molecule has 0 aliphatic heterocycles. The molecule has 0 radical (unpaired) electrons. The molecule has 1 amide bonds. The Morgan fingerprint density at radius 1 is 1.40 bits per heavy atom. The predicted octanol–water partition coefficient (Wildman–Crippen LogP) is 1.82. The summed E-state index contributed by atoms with van der Waals surface area (Å²) in [5.74, 6) is -1.64. The topological polar surface area (TPSA) is 66.4 Å². The summed E-state index contributed by atoms with van der Waals surface area (Å²) in [4.78, 5) is 22.4. The molecule has 0 fully saturated rings. The maximum atomic E-state index is 11.2. The summed E-state index contributed by atoms with van der Waals surface area (Å²) >= 11 is 1.49. The molecule has 0 heterocycles. The number of benzene rings is 1. The van der Waals surface area contributed by atoms with Gasteiger partial charge in [0.15, 0.2) is 0 Å². The number of hydrogen-bond acceptors (Lipinski definition) is 3. The van der Waals surface area contributed by atoms with Crippen LogP contribution in [-0.2, 0) is 9.59 Å². The number of aliphatic carboxylic acids is 1. The van der Waals surface area contributed by atoms with E-state index < -0.39 is 18.3 Å². The second-order valence-corrected chi connectivity index (χ2v) is 3.67. The van der Waals surface area contributed by atoms with Crippen LogP contribution in [0.4, 0.5) is 5.69 Å². The van der Waals surface area contributed by atoms with Crippen molar-refractivity contribution >= 4 is 29.3 Å². The number of carbonyl (C=O) groups is 2. The van der Waals surface area contributed by atoms with E-state index in [1.54, 1.807) is 12.1 Å². The van der Waals surface area contributed by atoms with Crippen LogP contribution in [0.5, 0.6) is 0 Å². The molecule has 5 heteroatoms. The van der Waals surface area contributed by atoms with E-state index in [0.29, 0.717) is 5.69 Å². The largest absolute Gasteiger partial charge is 0.481 e. The highest BCUT2D eigenvalue weighted by molar-refractivity contribution is 7.98. The molecule has 0 aliphatic rings. The Bertz CT molecular complexity index is 379. The molecule has 4 nitrogen and oxygen atoms in total. The number of hydrogen-bond donors (Lipinski definition) is 2. The van der Waals surface area contributed by atoms with Crippen LogP contribution in [0.25, 0.3) is 0 Å². The molecule has 1 aromatic carbocycles. The lowest BCUT2D eigenvalue weighted by molar-refractivity contribution is -0.139. The van der Waals surface area contributed by atoms with Crippen molar-refractivity contribution in [3.8, 4) is 0 Å². The Morgan fingerprint density at radius 2 is 2.07 bits per heavy atom. The number of para-hydroxylation sites is 1. The zero-order chi connectivity index (χ0) is 11.3. The van der Waals surface area contributed by atoms with Crippen molar-refractivity contribution < 1.29 is 14.7 Å². The Labute approximate surface area is 91.7 Å². The van der Waals surface area contributed by atoms with Crippen molar-refractivity contribution in [2.45, 2.75) is 11.3 Å². The Morgan fingerprint density at radius 3 is 2.67 bits per heavy atom. The highest BCUT2D eigenvalue weighted by Gasteiger charge is 2.09. The van der Waals surface area contributed by atoms with Gasteiger partial charge in [-0.15, -0.1) is 11.8 Å². The minimum Gasteiger partial charge on any atom is -0.481 e. The number of carboxylic acid groups (broad SMARTS) is 1. The normalized spacial score (nSPS) is 9.67. The maximum Gasteiger partial charge on any atom is 0.312 e. The van der Waals surface area contributed by atoms with Crippen LogP contribution in [0.2, 0.25) is 0 Å². The molecule has 0 unspecified atom stereocenters. The Balaban J connectivity index is 2.71. The minimum absolute atomic E-state index is 0.510. The van der Waals surface area contributed by atoms with Gasteiger partial charge >= 0.3 is 5.97 Å². The summed E-state index contributed by atoms with van der Waals surface area (Å²) in [6.45, 7) is 0. The van der Waals surface area contributed by atoms with Crippen LogP contribution in [-0.4, -0.2) is 23.2 Å². The smallest absolute Gasteiger partial charge is 0.312 e. The van der Waals surface area contributed by atoms with Crippen LogP contribution >= 0.6 is 11.8 Å². The van der Waals surface area contributed by atoms with Gasteiger partial charge < -0.3 is 10.4 Å². The Hall–Kier alpha value is -1.49. The van der Waals surface area contributed by atoms with Gasteiger partial charge in [0.1, 0.15) is 6.42 Å². The molecule has 0 atom stereocenters. The molecule has 1 aromatic rings. The van der Waals surface area contributed by atoms with Gasteiger partial charge in [0.05, 0.1) is 5.69 Å². The van der Waals surface area contributed by atoms with Crippen molar-refractivity contribution in [1.29, 1.82) is 0 Å². The summed E-state index contributed by atoms with van der Waals surface area (Å²) in [6, 6.07) is 7.25. The van der Waals surface area contributed by atoms with Crippen molar-refractivity contribution in [2.75, 3.05) is 11.6 Å². The summed E-state index contributed by atoms with van der Waals surface area (Å²) in [7, 11) is 0. The number of amides is 1. The van der Waals surface area contributed by atoms with Gasteiger partial charge in [-0.25, -0.2) is 0 Å². The number of rotatable bonds is 4. The van der Waals surface area contributed by atoms with E-state index in [2.05, 4.69) is 5.32 Å². The van der Waals surface area contributed by atoms with Crippen LogP contribution in [0, 0.1) is 0 Å². The van der Waals surface area contributed by atoms with E-state index in [4.69, 9.17) is 5.11 Å². The molecule has 0 aromatic heterocycles. The molecule has 0 aliphatic carbocycles. The number of nitrogens with one attached hydrogen (secondary N) is 1. The summed E-state index contributed by atoms with van der Waals surface area (Å²) in [5, 5.41) is 11.0. The van der Waals surface area contributed by atoms with Gasteiger partial charge in [0, 0.05) is 4.90 Å². The average molecular weight is 225 g/mol. The van der Waals surface area contributed by atoms with Gasteiger partial charge in [-0.2, -0.15) is 0 Å². The number of anilines is 1. The van der Waals surface area contributed by atoms with Crippen molar-refractivity contribution in [3.05, 3.63) is 24.3 Å². The fourth-order valence-electron chi connectivity index (χ4n) is 1.08. The summed E-state index contributed by atoms with van der Waals surface area (Å²) in [5.41, 5.74) is 0.649. The van der Waals surface area contributed by atoms with E-state index in [1.807, 2.05) is 18.4 Å². The lowest BCUT2D eigenvalue weighted by Crippen LogP contribution is -2.16. The van der Waals surface area contributed by atoms with Gasteiger partial charge in [0.2, 0.25) is 5.91 Å². The number of thioether (sulfide) groups is 1. The summed E-state index contributed by atoms with van der Waals surface area (Å²) < 4.78 is 0. The van der Waals surface area contributed by atoms with Gasteiger partial charge in [-0.05, 0) is 18.4 Å². The molecule has 0 saturated carbocycles. The minimum atomic E-state index is -1.13. The van der Waals surface area contributed by atoms with Gasteiger partial charge in [-0.1, -0.05) is 12.1 Å². The zero-order valence-corrected chi connectivity index (χ0v) is 9.00. The van der Waals surface area contributed by atoms with Gasteiger partial charge in [-0.3, -0.25) is 9.59 Å².